The lowest BCUT2D eigenvalue weighted by molar-refractivity contribution is 0.477. The van der Waals surface area contributed by atoms with Crippen molar-refractivity contribution in [1.82, 2.24) is 5.32 Å². The average Bonchev–Trinajstić information content (AvgIpc) is 2.48. The van der Waals surface area contributed by atoms with Crippen molar-refractivity contribution in [1.29, 1.82) is 5.26 Å². The first-order valence-corrected chi connectivity index (χ1v) is 7.45. The zero-order valence-corrected chi connectivity index (χ0v) is 12.7. The van der Waals surface area contributed by atoms with Crippen LogP contribution in [0.25, 0.3) is 0 Å². The molecule has 0 amide bonds. The van der Waals surface area contributed by atoms with Crippen LogP contribution in [0, 0.1) is 11.3 Å². The molecule has 21 heavy (non-hydrogen) atoms. The fourth-order valence-electron chi connectivity index (χ4n) is 2.64. The number of nitrogens with zero attached hydrogens (tertiary/aromatic N) is 1. The lowest BCUT2D eigenvalue weighted by atomic mass is 10.0. The third-order valence-corrected chi connectivity index (χ3v) is 3.65. The molecule has 0 radical (unpaired) electrons. The van der Waals surface area contributed by atoms with E-state index in [1.807, 2.05) is 18.2 Å². The SMILES string of the molecule is CC(Cc1cccc(CC#N)c1)NC(C)c1ccccc1. The summed E-state index contributed by atoms with van der Waals surface area (Å²) in [6, 6.07) is 21.7. The van der Waals surface area contributed by atoms with Gasteiger partial charge in [0.05, 0.1) is 12.5 Å². The van der Waals surface area contributed by atoms with Gasteiger partial charge in [-0.2, -0.15) is 5.26 Å². The molecule has 2 rings (SSSR count). The topological polar surface area (TPSA) is 35.8 Å². The first-order chi connectivity index (χ1) is 10.2. The summed E-state index contributed by atoms with van der Waals surface area (Å²) in [6.45, 7) is 4.40. The Balaban J connectivity index is 1.94. The van der Waals surface area contributed by atoms with E-state index in [1.54, 1.807) is 0 Å². The monoisotopic (exact) mass is 278 g/mol. The van der Waals surface area contributed by atoms with Gasteiger partial charge in [0.2, 0.25) is 0 Å². The number of hydrogen-bond acceptors (Lipinski definition) is 2. The van der Waals surface area contributed by atoms with Gasteiger partial charge in [0.25, 0.3) is 0 Å². The van der Waals surface area contributed by atoms with Crippen LogP contribution < -0.4 is 5.32 Å². The largest absolute Gasteiger partial charge is 0.307 e. The maximum atomic E-state index is 8.78. The Morgan fingerprint density at radius 1 is 1.00 bits per heavy atom. The molecule has 2 atom stereocenters. The Morgan fingerprint density at radius 3 is 2.43 bits per heavy atom. The molecule has 0 spiro atoms. The van der Waals surface area contributed by atoms with E-state index < -0.39 is 0 Å². The van der Waals surface area contributed by atoms with Gasteiger partial charge in [0.15, 0.2) is 0 Å². The van der Waals surface area contributed by atoms with Crippen LogP contribution in [-0.4, -0.2) is 6.04 Å². The molecule has 0 aromatic heterocycles. The molecule has 2 heteroatoms. The van der Waals surface area contributed by atoms with Gasteiger partial charge in [-0.25, -0.2) is 0 Å². The van der Waals surface area contributed by atoms with Gasteiger partial charge in [-0.05, 0) is 37.0 Å². The maximum absolute atomic E-state index is 8.78. The van der Waals surface area contributed by atoms with Crippen LogP contribution in [0.4, 0.5) is 0 Å². The number of rotatable bonds is 6. The number of hydrogen-bond donors (Lipinski definition) is 1. The van der Waals surface area contributed by atoms with Crippen LogP contribution in [0.3, 0.4) is 0 Å². The summed E-state index contributed by atoms with van der Waals surface area (Å²) < 4.78 is 0. The van der Waals surface area contributed by atoms with Crippen LogP contribution in [0.1, 0.15) is 36.6 Å². The molecule has 0 fully saturated rings. The predicted octanol–water partition coefficient (Wildman–Crippen LogP) is 4.03. The Kier molecular flexibility index (Phi) is 5.54. The summed E-state index contributed by atoms with van der Waals surface area (Å²) in [5.74, 6) is 0. The molecule has 0 saturated carbocycles. The molecule has 0 aliphatic rings. The van der Waals surface area contributed by atoms with Gasteiger partial charge in [-0.15, -0.1) is 0 Å². The highest BCUT2D eigenvalue weighted by Crippen LogP contribution is 2.14. The molecule has 2 aromatic carbocycles. The molecular weight excluding hydrogens is 256 g/mol. The van der Waals surface area contributed by atoms with E-state index in [0.717, 1.165) is 12.0 Å². The lowest BCUT2D eigenvalue weighted by Crippen LogP contribution is -2.30. The summed E-state index contributed by atoms with van der Waals surface area (Å²) in [6.07, 6.45) is 1.45. The van der Waals surface area contributed by atoms with E-state index in [9.17, 15) is 0 Å². The Hall–Kier alpha value is -2.11. The Labute approximate surface area is 127 Å². The molecule has 0 heterocycles. The van der Waals surface area contributed by atoms with Crippen molar-refractivity contribution in [3.63, 3.8) is 0 Å². The molecule has 0 aliphatic heterocycles. The van der Waals surface area contributed by atoms with Gasteiger partial charge in [0.1, 0.15) is 0 Å². The van der Waals surface area contributed by atoms with E-state index in [2.05, 4.69) is 61.6 Å². The first kappa shape index (κ1) is 15.3. The first-order valence-electron chi connectivity index (χ1n) is 7.45. The number of nitriles is 1. The minimum absolute atomic E-state index is 0.337. The number of benzene rings is 2. The molecule has 0 aliphatic carbocycles. The summed E-state index contributed by atoms with van der Waals surface area (Å²) >= 11 is 0. The van der Waals surface area contributed by atoms with Gasteiger partial charge in [-0.1, -0.05) is 54.6 Å². The molecular formula is C19H22N2. The van der Waals surface area contributed by atoms with E-state index in [-0.39, 0.29) is 0 Å². The third kappa shape index (κ3) is 4.73. The van der Waals surface area contributed by atoms with Gasteiger partial charge in [-0.3, -0.25) is 0 Å². The number of nitrogens with one attached hydrogen (secondary N) is 1. The van der Waals surface area contributed by atoms with Crippen molar-refractivity contribution in [3.8, 4) is 6.07 Å². The molecule has 108 valence electrons. The maximum Gasteiger partial charge on any atom is 0.0669 e. The minimum Gasteiger partial charge on any atom is -0.307 e. The van der Waals surface area contributed by atoms with E-state index in [1.165, 1.54) is 11.1 Å². The molecule has 2 unspecified atom stereocenters. The van der Waals surface area contributed by atoms with Crippen LogP contribution in [0.5, 0.6) is 0 Å². The smallest absolute Gasteiger partial charge is 0.0669 e. The summed E-state index contributed by atoms with van der Waals surface area (Å²) in [5, 5.41) is 12.4. The lowest BCUT2D eigenvalue weighted by Gasteiger charge is -2.20. The molecule has 2 aromatic rings. The normalized spacial score (nSPS) is 13.4. The van der Waals surface area contributed by atoms with E-state index in [4.69, 9.17) is 5.26 Å². The van der Waals surface area contributed by atoms with Crippen LogP contribution >= 0.6 is 0 Å². The second kappa shape index (κ2) is 7.61. The fraction of sp³-hybridized carbons (Fsp3) is 0.316. The van der Waals surface area contributed by atoms with Crippen LogP contribution in [0.15, 0.2) is 54.6 Å². The second-order valence-electron chi connectivity index (χ2n) is 5.56. The summed E-state index contributed by atoms with van der Waals surface area (Å²) in [5.41, 5.74) is 3.68. The molecule has 0 bridgehead atoms. The average molecular weight is 278 g/mol. The minimum atomic E-state index is 0.337. The zero-order chi connectivity index (χ0) is 15.1. The van der Waals surface area contributed by atoms with Crippen molar-refractivity contribution in [2.45, 2.75) is 38.8 Å². The van der Waals surface area contributed by atoms with Gasteiger partial charge < -0.3 is 5.32 Å². The highest BCUT2D eigenvalue weighted by atomic mass is 14.9. The van der Waals surface area contributed by atoms with Crippen LogP contribution in [-0.2, 0) is 12.8 Å². The third-order valence-electron chi connectivity index (χ3n) is 3.65. The molecule has 2 nitrogen and oxygen atoms in total. The quantitative estimate of drug-likeness (QED) is 0.865. The summed E-state index contributed by atoms with van der Waals surface area (Å²) in [4.78, 5) is 0. The highest BCUT2D eigenvalue weighted by molar-refractivity contribution is 5.26. The summed E-state index contributed by atoms with van der Waals surface area (Å²) in [7, 11) is 0. The van der Waals surface area contributed by atoms with Crippen molar-refractivity contribution >= 4 is 0 Å². The molecule has 0 saturated heterocycles. The van der Waals surface area contributed by atoms with Gasteiger partial charge in [0, 0.05) is 12.1 Å². The van der Waals surface area contributed by atoms with Crippen LogP contribution in [0.2, 0.25) is 0 Å². The van der Waals surface area contributed by atoms with Gasteiger partial charge >= 0.3 is 0 Å². The van der Waals surface area contributed by atoms with Crippen molar-refractivity contribution in [2.24, 2.45) is 0 Å². The zero-order valence-electron chi connectivity index (χ0n) is 12.7. The second-order valence-corrected chi connectivity index (χ2v) is 5.56. The standard InChI is InChI=1S/C19H22N2/c1-15(21-16(2)19-9-4-3-5-10-19)13-18-8-6-7-17(14-18)11-12-20/h3-10,14-16,21H,11,13H2,1-2H3. The van der Waals surface area contributed by atoms with E-state index in [0.29, 0.717) is 18.5 Å². The molecule has 1 N–H and O–H groups in total. The Bertz CT molecular complexity index is 598. The fourth-order valence-corrected chi connectivity index (χ4v) is 2.64. The van der Waals surface area contributed by atoms with Crippen molar-refractivity contribution < 1.29 is 0 Å². The van der Waals surface area contributed by atoms with Crippen molar-refractivity contribution in [3.05, 3.63) is 71.3 Å². The van der Waals surface area contributed by atoms with Crippen molar-refractivity contribution in [2.75, 3.05) is 0 Å². The Morgan fingerprint density at radius 2 is 1.71 bits per heavy atom. The van der Waals surface area contributed by atoms with E-state index >= 15 is 0 Å². The highest BCUT2D eigenvalue weighted by Gasteiger charge is 2.10. The predicted molar refractivity (Wildman–Crippen MR) is 86.9 cm³/mol.